The van der Waals surface area contributed by atoms with Gasteiger partial charge in [-0.2, -0.15) is 5.26 Å². The highest BCUT2D eigenvalue weighted by molar-refractivity contribution is 5.58. The van der Waals surface area contributed by atoms with Gasteiger partial charge in [-0.3, -0.25) is 0 Å². The van der Waals surface area contributed by atoms with Crippen molar-refractivity contribution in [1.29, 1.82) is 5.26 Å². The molecule has 0 aliphatic heterocycles. The predicted molar refractivity (Wildman–Crippen MR) is 97.0 cm³/mol. The van der Waals surface area contributed by atoms with Gasteiger partial charge in [0.25, 0.3) is 0 Å². The minimum atomic E-state index is -0.364. The van der Waals surface area contributed by atoms with Crippen LogP contribution >= 0.6 is 0 Å². The minimum Gasteiger partial charge on any atom is -0.462 e. The summed E-state index contributed by atoms with van der Waals surface area (Å²) in [5, 5.41) is 9.06. The van der Waals surface area contributed by atoms with Gasteiger partial charge in [-0.15, -0.1) is 0 Å². The van der Waals surface area contributed by atoms with Crippen LogP contribution in [0.4, 0.5) is 4.39 Å². The van der Waals surface area contributed by atoms with Crippen LogP contribution < -0.4 is 0 Å². The third-order valence-electron chi connectivity index (χ3n) is 4.64. The van der Waals surface area contributed by atoms with Gasteiger partial charge in [-0.1, -0.05) is 36.9 Å². The van der Waals surface area contributed by atoms with Gasteiger partial charge < -0.3 is 4.74 Å². The fourth-order valence-corrected chi connectivity index (χ4v) is 3.19. The zero-order chi connectivity index (χ0) is 17.8. The van der Waals surface area contributed by atoms with Gasteiger partial charge in [-0.25, -0.2) is 4.39 Å². The SMILES string of the molecule is C=C(OC1=C(C)CCC(c2cc(F)cc(C#N)c2)C1)c1ccccc1. The van der Waals surface area contributed by atoms with Crippen molar-refractivity contribution in [2.45, 2.75) is 32.1 Å². The molecule has 0 saturated heterocycles. The first-order valence-corrected chi connectivity index (χ1v) is 8.38. The summed E-state index contributed by atoms with van der Waals surface area (Å²) in [5.41, 5.74) is 3.36. The minimum absolute atomic E-state index is 0.144. The van der Waals surface area contributed by atoms with E-state index in [2.05, 4.69) is 13.5 Å². The molecule has 1 atom stereocenters. The van der Waals surface area contributed by atoms with E-state index < -0.39 is 0 Å². The predicted octanol–water partition coefficient (Wildman–Crippen LogP) is 5.93. The summed E-state index contributed by atoms with van der Waals surface area (Å²) in [4.78, 5) is 0. The van der Waals surface area contributed by atoms with Crippen LogP contribution in [-0.4, -0.2) is 0 Å². The van der Waals surface area contributed by atoms with Gasteiger partial charge in [0, 0.05) is 12.0 Å². The van der Waals surface area contributed by atoms with Crippen LogP contribution in [0.1, 0.15) is 48.8 Å². The van der Waals surface area contributed by atoms with E-state index in [1.54, 1.807) is 6.07 Å². The van der Waals surface area contributed by atoms with Gasteiger partial charge in [0.1, 0.15) is 17.3 Å². The molecule has 2 aromatic rings. The first-order valence-electron chi connectivity index (χ1n) is 8.38. The summed E-state index contributed by atoms with van der Waals surface area (Å²) in [5.74, 6) is 1.29. The van der Waals surface area contributed by atoms with E-state index in [1.807, 2.05) is 36.4 Å². The Balaban J connectivity index is 1.79. The third-order valence-corrected chi connectivity index (χ3v) is 4.64. The first-order chi connectivity index (χ1) is 12.1. The van der Waals surface area contributed by atoms with E-state index >= 15 is 0 Å². The van der Waals surface area contributed by atoms with E-state index in [9.17, 15) is 4.39 Å². The largest absolute Gasteiger partial charge is 0.462 e. The van der Waals surface area contributed by atoms with Crippen molar-refractivity contribution >= 4 is 5.76 Å². The average Bonchev–Trinajstić information content (AvgIpc) is 2.63. The number of hydrogen-bond acceptors (Lipinski definition) is 2. The van der Waals surface area contributed by atoms with Crippen LogP contribution in [0, 0.1) is 17.1 Å². The summed E-state index contributed by atoms with van der Waals surface area (Å²) in [6.07, 6.45) is 2.50. The maximum absolute atomic E-state index is 13.8. The Morgan fingerprint density at radius 3 is 2.72 bits per heavy atom. The lowest BCUT2D eigenvalue weighted by Crippen LogP contribution is -2.11. The highest BCUT2D eigenvalue weighted by atomic mass is 19.1. The Morgan fingerprint density at radius 1 is 1.24 bits per heavy atom. The number of halogens is 1. The van der Waals surface area contributed by atoms with E-state index in [1.165, 1.54) is 17.7 Å². The second kappa shape index (κ2) is 7.36. The summed E-state index contributed by atoms with van der Waals surface area (Å²) >= 11 is 0. The van der Waals surface area contributed by atoms with Crippen molar-refractivity contribution in [3.63, 3.8) is 0 Å². The Bertz CT molecular complexity index is 861. The Hall–Kier alpha value is -2.86. The average molecular weight is 333 g/mol. The molecule has 1 unspecified atom stereocenters. The fraction of sp³-hybridized carbons (Fsp3) is 0.227. The Morgan fingerprint density at radius 2 is 2.00 bits per heavy atom. The van der Waals surface area contributed by atoms with Gasteiger partial charge in [0.15, 0.2) is 0 Å². The molecule has 3 rings (SSSR count). The molecule has 0 radical (unpaired) electrons. The molecule has 3 heteroatoms. The van der Waals surface area contributed by atoms with E-state index in [4.69, 9.17) is 10.00 Å². The number of ether oxygens (including phenoxy) is 1. The molecular formula is C22H20FNO. The summed E-state index contributed by atoms with van der Waals surface area (Å²) < 4.78 is 19.8. The van der Waals surface area contributed by atoms with E-state index in [0.717, 1.165) is 29.7 Å². The molecule has 126 valence electrons. The van der Waals surface area contributed by atoms with Crippen LogP contribution in [-0.2, 0) is 4.74 Å². The number of allylic oxidation sites excluding steroid dienone is 2. The van der Waals surface area contributed by atoms with E-state index in [-0.39, 0.29) is 11.7 Å². The molecule has 0 fully saturated rings. The highest BCUT2D eigenvalue weighted by Gasteiger charge is 2.23. The lowest BCUT2D eigenvalue weighted by atomic mass is 9.83. The number of nitriles is 1. The zero-order valence-corrected chi connectivity index (χ0v) is 14.3. The Labute approximate surface area is 147 Å². The standard InChI is InChI=1S/C22H20FNO/c1-15-8-9-19(20-10-17(14-24)11-21(23)12-20)13-22(15)25-16(2)18-6-4-3-5-7-18/h3-7,10-12,19H,2,8-9,13H2,1H3. The molecule has 1 aliphatic rings. The van der Waals surface area contributed by atoms with Crippen LogP contribution in [0.15, 0.2) is 66.4 Å². The van der Waals surface area contributed by atoms with Gasteiger partial charge in [-0.05, 0) is 55.0 Å². The normalized spacial score (nSPS) is 17.1. The molecule has 0 N–H and O–H groups in total. The van der Waals surface area contributed by atoms with Crippen molar-refractivity contribution in [3.05, 3.63) is 88.9 Å². The number of hydrogen-bond donors (Lipinski definition) is 0. The fourth-order valence-electron chi connectivity index (χ4n) is 3.19. The molecule has 2 nitrogen and oxygen atoms in total. The van der Waals surface area contributed by atoms with Crippen molar-refractivity contribution in [2.75, 3.05) is 0 Å². The van der Waals surface area contributed by atoms with Crippen LogP contribution in [0.5, 0.6) is 0 Å². The number of rotatable bonds is 4. The molecule has 1 aliphatic carbocycles. The molecule has 0 amide bonds. The molecular weight excluding hydrogens is 313 g/mol. The van der Waals surface area contributed by atoms with E-state index in [0.29, 0.717) is 17.7 Å². The molecule has 0 bridgehead atoms. The third kappa shape index (κ3) is 3.97. The zero-order valence-electron chi connectivity index (χ0n) is 14.3. The number of nitrogens with zero attached hydrogens (tertiary/aromatic N) is 1. The van der Waals surface area contributed by atoms with Gasteiger partial charge >= 0.3 is 0 Å². The number of benzene rings is 2. The topological polar surface area (TPSA) is 33.0 Å². The van der Waals surface area contributed by atoms with Crippen LogP contribution in [0.2, 0.25) is 0 Å². The maximum atomic E-state index is 13.8. The monoisotopic (exact) mass is 333 g/mol. The molecule has 0 saturated carbocycles. The van der Waals surface area contributed by atoms with Gasteiger partial charge in [0.05, 0.1) is 11.6 Å². The second-order valence-corrected chi connectivity index (χ2v) is 6.42. The molecule has 25 heavy (non-hydrogen) atoms. The molecule has 0 heterocycles. The van der Waals surface area contributed by atoms with Crippen molar-refractivity contribution < 1.29 is 9.13 Å². The maximum Gasteiger partial charge on any atom is 0.126 e. The molecule has 2 aromatic carbocycles. The molecule has 0 spiro atoms. The van der Waals surface area contributed by atoms with Crippen LogP contribution in [0.3, 0.4) is 0 Å². The lowest BCUT2D eigenvalue weighted by Gasteiger charge is -2.27. The summed E-state index contributed by atoms with van der Waals surface area (Å²) in [6, 6.07) is 16.4. The smallest absolute Gasteiger partial charge is 0.126 e. The van der Waals surface area contributed by atoms with Crippen molar-refractivity contribution in [3.8, 4) is 6.07 Å². The van der Waals surface area contributed by atoms with Crippen molar-refractivity contribution in [2.24, 2.45) is 0 Å². The molecule has 0 aromatic heterocycles. The quantitative estimate of drug-likeness (QED) is 0.650. The summed E-state index contributed by atoms with van der Waals surface area (Å²) in [6.45, 7) is 6.10. The van der Waals surface area contributed by atoms with Crippen molar-refractivity contribution in [1.82, 2.24) is 0 Å². The Kier molecular flexibility index (Phi) is 5.00. The summed E-state index contributed by atoms with van der Waals surface area (Å²) in [7, 11) is 0. The van der Waals surface area contributed by atoms with Gasteiger partial charge in [0.2, 0.25) is 0 Å². The first kappa shape index (κ1) is 17.0. The highest BCUT2D eigenvalue weighted by Crippen LogP contribution is 2.38. The second-order valence-electron chi connectivity index (χ2n) is 6.42. The van der Waals surface area contributed by atoms with Crippen LogP contribution in [0.25, 0.3) is 5.76 Å². The lowest BCUT2D eigenvalue weighted by molar-refractivity contribution is 0.326.